The third-order valence-electron chi connectivity index (χ3n) is 3.82. The Labute approximate surface area is 152 Å². The number of benzene rings is 1. The van der Waals surface area contributed by atoms with E-state index < -0.39 is 0 Å². The van der Waals surface area contributed by atoms with Gasteiger partial charge in [0, 0.05) is 13.1 Å². The molecule has 6 nitrogen and oxygen atoms in total. The summed E-state index contributed by atoms with van der Waals surface area (Å²) in [7, 11) is 4.02. The highest BCUT2D eigenvalue weighted by Crippen LogP contribution is 2.22. The lowest BCUT2D eigenvalue weighted by Gasteiger charge is -2.17. The molecular weight excluding hydrogens is 336 g/mol. The van der Waals surface area contributed by atoms with Gasteiger partial charge in [0.25, 0.3) is 5.56 Å². The van der Waals surface area contributed by atoms with Gasteiger partial charge in [-0.3, -0.25) is 14.2 Å². The summed E-state index contributed by atoms with van der Waals surface area (Å²) in [5.41, 5.74) is 0.622. The lowest BCUT2D eigenvalue weighted by Crippen LogP contribution is -2.32. The Morgan fingerprint density at radius 2 is 2.08 bits per heavy atom. The van der Waals surface area contributed by atoms with E-state index in [1.807, 2.05) is 46.1 Å². The van der Waals surface area contributed by atoms with Crippen molar-refractivity contribution in [3.8, 4) is 0 Å². The third-order valence-corrected chi connectivity index (χ3v) is 4.91. The Morgan fingerprint density at radius 3 is 2.76 bits per heavy atom. The number of thioether (sulfide) groups is 1. The Balaban J connectivity index is 2.37. The fourth-order valence-corrected chi connectivity index (χ4v) is 3.47. The maximum atomic E-state index is 12.9. The van der Waals surface area contributed by atoms with Crippen molar-refractivity contribution in [1.82, 2.24) is 19.8 Å². The van der Waals surface area contributed by atoms with Gasteiger partial charge in [-0.15, -0.1) is 0 Å². The van der Waals surface area contributed by atoms with Gasteiger partial charge in [-0.05, 0) is 53.0 Å². The van der Waals surface area contributed by atoms with Crippen molar-refractivity contribution in [3.05, 3.63) is 34.6 Å². The van der Waals surface area contributed by atoms with Gasteiger partial charge in [-0.1, -0.05) is 23.9 Å². The zero-order valence-corrected chi connectivity index (χ0v) is 16.1. The predicted molar refractivity (Wildman–Crippen MR) is 103 cm³/mol. The number of hydrogen-bond donors (Lipinski definition) is 1. The molecule has 1 heterocycles. The van der Waals surface area contributed by atoms with Gasteiger partial charge in [0.15, 0.2) is 5.16 Å². The molecule has 1 N–H and O–H groups in total. The molecule has 0 aliphatic rings. The monoisotopic (exact) mass is 362 g/mol. The van der Waals surface area contributed by atoms with E-state index in [0.29, 0.717) is 29.1 Å². The number of nitrogens with zero attached hydrogens (tertiary/aromatic N) is 3. The smallest absolute Gasteiger partial charge is 0.262 e. The number of aromatic nitrogens is 2. The van der Waals surface area contributed by atoms with E-state index in [9.17, 15) is 9.59 Å². The number of hydrogen-bond acceptors (Lipinski definition) is 5. The van der Waals surface area contributed by atoms with Crippen molar-refractivity contribution in [2.75, 3.05) is 27.2 Å². The molecule has 0 aliphatic carbocycles. The number of carbonyl (C=O) groups excluding carboxylic acids is 1. The molecule has 0 saturated carbocycles. The highest BCUT2D eigenvalue weighted by atomic mass is 32.2. The van der Waals surface area contributed by atoms with Crippen LogP contribution in [0.1, 0.15) is 20.3 Å². The van der Waals surface area contributed by atoms with Crippen LogP contribution < -0.4 is 10.9 Å². The minimum atomic E-state index is -0.312. The molecule has 0 aliphatic heterocycles. The number of para-hydroxylation sites is 1. The molecule has 1 aromatic carbocycles. The van der Waals surface area contributed by atoms with Gasteiger partial charge in [0.05, 0.1) is 16.2 Å². The van der Waals surface area contributed by atoms with E-state index in [2.05, 4.69) is 15.2 Å². The highest BCUT2D eigenvalue weighted by molar-refractivity contribution is 8.00. The number of fused-ring (bicyclic) bond motifs is 1. The molecule has 1 aromatic heterocycles. The van der Waals surface area contributed by atoms with Crippen molar-refractivity contribution in [3.63, 3.8) is 0 Å². The minimum absolute atomic E-state index is 0.0463. The first-order valence-electron chi connectivity index (χ1n) is 8.52. The first kappa shape index (κ1) is 19.5. The van der Waals surface area contributed by atoms with E-state index >= 15 is 0 Å². The van der Waals surface area contributed by atoms with Crippen LogP contribution in [-0.2, 0) is 11.3 Å². The molecule has 2 aromatic rings. The quantitative estimate of drug-likeness (QED) is 0.574. The molecule has 25 heavy (non-hydrogen) atoms. The van der Waals surface area contributed by atoms with E-state index in [0.717, 1.165) is 13.0 Å². The maximum Gasteiger partial charge on any atom is 0.262 e. The average molecular weight is 362 g/mol. The molecule has 7 heteroatoms. The molecule has 0 spiro atoms. The van der Waals surface area contributed by atoms with E-state index in [4.69, 9.17) is 0 Å². The van der Waals surface area contributed by atoms with E-state index in [1.165, 1.54) is 11.8 Å². The van der Waals surface area contributed by atoms with Crippen molar-refractivity contribution >= 4 is 28.6 Å². The van der Waals surface area contributed by atoms with Crippen LogP contribution in [0, 0.1) is 0 Å². The molecule has 136 valence electrons. The molecule has 0 unspecified atom stereocenters. The molecular formula is C18H26N4O2S. The van der Waals surface area contributed by atoms with Crippen LogP contribution in [-0.4, -0.2) is 52.8 Å². The van der Waals surface area contributed by atoms with Crippen LogP contribution in [0.4, 0.5) is 0 Å². The summed E-state index contributed by atoms with van der Waals surface area (Å²) in [5.74, 6) is -0.0465. The van der Waals surface area contributed by atoms with Gasteiger partial charge in [-0.2, -0.15) is 0 Å². The second kappa shape index (κ2) is 9.01. The largest absolute Gasteiger partial charge is 0.355 e. The highest BCUT2D eigenvalue weighted by Gasteiger charge is 2.18. The summed E-state index contributed by atoms with van der Waals surface area (Å²) in [6.45, 7) is 5.78. The molecule has 2 rings (SSSR count). The van der Waals surface area contributed by atoms with Crippen LogP contribution in [0.5, 0.6) is 0 Å². The number of rotatable bonds is 8. The summed E-state index contributed by atoms with van der Waals surface area (Å²) in [4.78, 5) is 31.7. The summed E-state index contributed by atoms with van der Waals surface area (Å²) < 4.78 is 1.70. The Bertz CT molecular complexity index is 788. The second-order valence-electron chi connectivity index (χ2n) is 6.18. The fourth-order valence-electron chi connectivity index (χ4n) is 2.51. The van der Waals surface area contributed by atoms with Crippen LogP contribution in [0.25, 0.3) is 10.9 Å². The third kappa shape index (κ3) is 5.06. The molecule has 0 saturated heterocycles. The lowest BCUT2D eigenvalue weighted by atomic mass is 10.2. The molecule has 0 bridgehead atoms. The Hall–Kier alpha value is -1.86. The summed E-state index contributed by atoms with van der Waals surface area (Å²) in [5, 5.41) is 3.71. The number of nitrogens with one attached hydrogen (secondary N) is 1. The van der Waals surface area contributed by atoms with Gasteiger partial charge in [-0.25, -0.2) is 4.98 Å². The fraction of sp³-hybridized carbons (Fsp3) is 0.500. The van der Waals surface area contributed by atoms with Crippen molar-refractivity contribution in [2.45, 2.75) is 37.2 Å². The van der Waals surface area contributed by atoms with E-state index in [1.54, 1.807) is 10.6 Å². The summed E-state index contributed by atoms with van der Waals surface area (Å²) in [6, 6.07) is 7.35. The van der Waals surface area contributed by atoms with Crippen molar-refractivity contribution in [2.24, 2.45) is 0 Å². The van der Waals surface area contributed by atoms with Crippen molar-refractivity contribution < 1.29 is 4.79 Å². The topological polar surface area (TPSA) is 67.2 Å². The zero-order chi connectivity index (χ0) is 18.4. The number of amides is 1. The standard InChI is InChI=1S/C18H26N4O2S/c1-5-19-16(23)13(2)25-18-20-15-10-7-6-9-14(15)17(24)22(18)12-8-11-21(3)4/h6-7,9-10,13H,5,8,11-12H2,1-4H3,(H,19,23)/t13-/m0/s1. The first-order valence-corrected chi connectivity index (χ1v) is 9.40. The zero-order valence-electron chi connectivity index (χ0n) is 15.3. The molecule has 1 atom stereocenters. The SMILES string of the molecule is CCNC(=O)[C@H](C)Sc1nc2ccccc2c(=O)n1CCCN(C)C. The first-order chi connectivity index (χ1) is 11.9. The van der Waals surface area contributed by atoms with Gasteiger partial charge in [0.1, 0.15) is 0 Å². The second-order valence-corrected chi connectivity index (χ2v) is 7.49. The van der Waals surface area contributed by atoms with Crippen molar-refractivity contribution in [1.29, 1.82) is 0 Å². The molecule has 0 radical (unpaired) electrons. The van der Waals surface area contributed by atoms with E-state index in [-0.39, 0.29) is 16.7 Å². The molecule has 1 amide bonds. The van der Waals surface area contributed by atoms with Crippen LogP contribution in [0.2, 0.25) is 0 Å². The Kier molecular flexibility index (Phi) is 7.01. The normalized spacial score (nSPS) is 12.5. The minimum Gasteiger partial charge on any atom is -0.355 e. The number of carbonyl (C=O) groups is 1. The predicted octanol–water partition coefficient (Wildman–Crippen LogP) is 1.96. The van der Waals surface area contributed by atoms with Crippen LogP contribution in [0.3, 0.4) is 0 Å². The van der Waals surface area contributed by atoms with Gasteiger partial charge < -0.3 is 10.2 Å². The lowest BCUT2D eigenvalue weighted by molar-refractivity contribution is -0.120. The van der Waals surface area contributed by atoms with Gasteiger partial charge >= 0.3 is 0 Å². The van der Waals surface area contributed by atoms with Crippen LogP contribution in [0.15, 0.2) is 34.2 Å². The van der Waals surface area contributed by atoms with Crippen LogP contribution >= 0.6 is 11.8 Å². The van der Waals surface area contributed by atoms with Gasteiger partial charge in [0.2, 0.25) is 5.91 Å². The summed E-state index contributed by atoms with van der Waals surface area (Å²) >= 11 is 1.33. The summed E-state index contributed by atoms with van der Waals surface area (Å²) in [6.07, 6.45) is 0.843. The maximum absolute atomic E-state index is 12.9. The average Bonchev–Trinajstić information content (AvgIpc) is 2.57. The molecule has 0 fully saturated rings. The Morgan fingerprint density at radius 1 is 1.36 bits per heavy atom.